The first-order valence-corrected chi connectivity index (χ1v) is 11.4. The van der Waals surface area contributed by atoms with Crippen LogP contribution in [-0.2, 0) is 22.6 Å². The van der Waals surface area contributed by atoms with Crippen molar-refractivity contribution < 1.29 is 23.5 Å². The van der Waals surface area contributed by atoms with E-state index in [1.807, 2.05) is 44.2 Å². The molecule has 184 valence electrons. The molecule has 0 bridgehead atoms. The van der Waals surface area contributed by atoms with Gasteiger partial charge < -0.3 is 19.7 Å². The molecular weight excluding hydrogens is 447 g/mol. The highest BCUT2D eigenvalue weighted by molar-refractivity contribution is 5.98. The molecule has 6 nitrogen and oxygen atoms in total. The molecule has 0 fully saturated rings. The fraction of sp³-hybridized carbons (Fsp3) is 0.286. The topological polar surface area (TPSA) is 67.9 Å². The van der Waals surface area contributed by atoms with Crippen LogP contribution in [0.15, 0.2) is 72.8 Å². The largest absolute Gasteiger partial charge is 0.497 e. The smallest absolute Gasteiger partial charge is 0.247 e. The van der Waals surface area contributed by atoms with Gasteiger partial charge in [0, 0.05) is 12.6 Å². The van der Waals surface area contributed by atoms with Gasteiger partial charge in [-0.05, 0) is 41.3 Å². The van der Waals surface area contributed by atoms with E-state index in [1.165, 1.54) is 19.2 Å². The van der Waals surface area contributed by atoms with Crippen LogP contribution in [0.1, 0.15) is 25.0 Å². The summed E-state index contributed by atoms with van der Waals surface area (Å²) < 4.78 is 24.1. The van der Waals surface area contributed by atoms with Gasteiger partial charge in [-0.3, -0.25) is 9.59 Å². The second kappa shape index (κ2) is 12.0. The summed E-state index contributed by atoms with van der Waals surface area (Å²) in [6, 6.07) is 19.6. The first-order chi connectivity index (χ1) is 16.8. The number of nitrogens with zero attached hydrogens (tertiary/aromatic N) is 1. The van der Waals surface area contributed by atoms with Gasteiger partial charge in [0.2, 0.25) is 11.8 Å². The molecular formula is C28H31FN2O4. The lowest BCUT2D eigenvalue weighted by atomic mass is 9.99. The summed E-state index contributed by atoms with van der Waals surface area (Å²) >= 11 is 0. The van der Waals surface area contributed by atoms with E-state index in [4.69, 9.17) is 9.47 Å². The minimum atomic E-state index is -0.775. The van der Waals surface area contributed by atoms with Crippen LogP contribution in [0.2, 0.25) is 0 Å². The third-order valence-corrected chi connectivity index (χ3v) is 5.69. The lowest BCUT2D eigenvalue weighted by molar-refractivity contribution is -0.140. The molecule has 0 aromatic heterocycles. The summed E-state index contributed by atoms with van der Waals surface area (Å²) in [5.41, 5.74) is 2.05. The maximum atomic E-state index is 13.6. The van der Waals surface area contributed by atoms with Crippen LogP contribution >= 0.6 is 0 Å². The molecule has 0 radical (unpaired) electrons. The standard InChI is InChI=1S/C28H31FN2O4/c1-19(2)27(28(33)30-24-15-14-23(34-3)17-25(24)35-4)31(18-21-10-12-22(29)13-11-21)26(32)16-20-8-6-5-7-9-20/h5-15,17,19,27H,16,18H2,1-4H3,(H,30,33). The molecule has 3 aromatic carbocycles. The predicted octanol–water partition coefficient (Wildman–Crippen LogP) is 5.08. The van der Waals surface area contributed by atoms with E-state index in [-0.39, 0.29) is 36.5 Å². The summed E-state index contributed by atoms with van der Waals surface area (Å²) in [6.45, 7) is 3.95. The number of carbonyl (C=O) groups is 2. The Balaban J connectivity index is 1.92. The molecule has 0 aliphatic heterocycles. The van der Waals surface area contributed by atoms with E-state index in [9.17, 15) is 14.0 Å². The number of rotatable bonds is 10. The molecule has 3 aromatic rings. The molecule has 0 heterocycles. The second-order valence-corrected chi connectivity index (χ2v) is 8.55. The van der Waals surface area contributed by atoms with Crippen LogP contribution in [0.5, 0.6) is 11.5 Å². The minimum absolute atomic E-state index is 0.143. The number of nitrogens with one attached hydrogen (secondary N) is 1. The van der Waals surface area contributed by atoms with Gasteiger partial charge in [0.25, 0.3) is 0 Å². The van der Waals surface area contributed by atoms with Crippen molar-refractivity contribution in [3.8, 4) is 11.5 Å². The average Bonchev–Trinajstić information content (AvgIpc) is 2.85. The van der Waals surface area contributed by atoms with E-state index in [2.05, 4.69) is 5.32 Å². The van der Waals surface area contributed by atoms with Crippen molar-refractivity contribution in [2.24, 2.45) is 5.92 Å². The van der Waals surface area contributed by atoms with Crippen molar-refractivity contribution in [1.82, 2.24) is 4.90 Å². The van der Waals surface area contributed by atoms with Gasteiger partial charge in [0.05, 0.1) is 26.3 Å². The van der Waals surface area contributed by atoms with Crippen molar-refractivity contribution >= 4 is 17.5 Å². The number of hydrogen-bond acceptors (Lipinski definition) is 4. The van der Waals surface area contributed by atoms with Crippen molar-refractivity contribution in [3.05, 3.63) is 89.7 Å². The van der Waals surface area contributed by atoms with Crippen molar-refractivity contribution in [2.75, 3.05) is 19.5 Å². The maximum Gasteiger partial charge on any atom is 0.247 e. The molecule has 2 amide bonds. The molecule has 1 atom stereocenters. The average molecular weight is 479 g/mol. The van der Waals surface area contributed by atoms with Crippen LogP contribution in [0.4, 0.5) is 10.1 Å². The summed E-state index contributed by atoms with van der Waals surface area (Å²) in [4.78, 5) is 28.7. The van der Waals surface area contributed by atoms with E-state index >= 15 is 0 Å². The van der Waals surface area contributed by atoms with Gasteiger partial charge in [0.15, 0.2) is 0 Å². The Morgan fingerprint density at radius 1 is 0.914 bits per heavy atom. The molecule has 1 N–H and O–H groups in total. The Labute approximate surface area is 205 Å². The molecule has 3 rings (SSSR count). The Hall–Kier alpha value is -3.87. The second-order valence-electron chi connectivity index (χ2n) is 8.55. The Kier molecular flexibility index (Phi) is 8.84. The zero-order valence-corrected chi connectivity index (χ0v) is 20.5. The summed E-state index contributed by atoms with van der Waals surface area (Å²) in [7, 11) is 3.06. The molecule has 0 aliphatic carbocycles. The van der Waals surface area contributed by atoms with Gasteiger partial charge in [-0.25, -0.2) is 4.39 Å². The molecule has 0 spiro atoms. The number of carbonyl (C=O) groups excluding carboxylic acids is 2. The van der Waals surface area contributed by atoms with Crippen molar-refractivity contribution in [2.45, 2.75) is 32.9 Å². The number of benzene rings is 3. The fourth-order valence-corrected chi connectivity index (χ4v) is 3.91. The first-order valence-electron chi connectivity index (χ1n) is 11.4. The maximum absolute atomic E-state index is 13.6. The number of ether oxygens (including phenoxy) is 2. The highest BCUT2D eigenvalue weighted by Crippen LogP contribution is 2.30. The van der Waals surface area contributed by atoms with Crippen LogP contribution in [0.3, 0.4) is 0 Å². The van der Waals surface area contributed by atoms with Gasteiger partial charge in [-0.1, -0.05) is 56.3 Å². The van der Waals surface area contributed by atoms with Crippen molar-refractivity contribution in [1.29, 1.82) is 0 Å². The summed E-state index contributed by atoms with van der Waals surface area (Å²) in [5.74, 6) is -0.0553. The van der Waals surface area contributed by atoms with E-state index < -0.39 is 6.04 Å². The summed E-state index contributed by atoms with van der Waals surface area (Å²) in [6.07, 6.45) is 0.143. The van der Waals surface area contributed by atoms with Crippen molar-refractivity contribution in [3.63, 3.8) is 0 Å². The van der Waals surface area contributed by atoms with E-state index in [0.717, 1.165) is 11.1 Å². The third-order valence-electron chi connectivity index (χ3n) is 5.69. The molecule has 7 heteroatoms. The first kappa shape index (κ1) is 25.7. The van der Waals surface area contributed by atoms with E-state index in [0.29, 0.717) is 17.2 Å². The van der Waals surface area contributed by atoms with E-state index in [1.54, 1.807) is 42.3 Å². The van der Waals surface area contributed by atoms with Gasteiger partial charge in [0.1, 0.15) is 23.4 Å². The third kappa shape index (κ3) is 6.82. The monoisotopic (exact) mass is 478 g/mol. The van der Waals surface area contributed by atoms with Gasteiger partial charge in [-0.15, -0.1) is 0 Å². The zero-order chi connectivity index (χ0) is 25.4. The quantitative estimate of drug-likeness (QED) is 0.441. The number of anilines is 1. The molecule has 35 heavy (non-hydrogen) atoms. The normalized spacial score (nSPS) is 11.6. The highest BCUT2D eigenvalue weighted by atomic mass is 19.1. The lowest BCUT2D eigenvalue weighted by Gasteiger charge is -2.34. The molecule has 0 saturated carbocycles. The number of hydrogen-bond donors (Lipinski definition) is 1. The van der Waals surface area contributed by atoms with Gasteiger partial charge in [-0.2, -0.15) is 0 Å². The molecule has 0 saturated heterocycles. The zero-order valence-electron chi connectivity index (χ0n) is 20.5. The lowest BCUT2D eigenvalue weighted by Crippen LogP contribution is -2.50. The molecule has 0 aliphatic rings. The Morgan fingerprint density at radius 2 is 1.60 bits per heavy atom. The Bertz CT molecular complexity index is 1130. The van der Waals surface area contributed by atoms with Crippen LogP contribution in [0.25, 0.3) is 0 Å². The highest BCUT2D eigenvalue weighted by Gasteiger charge is 2.33. The SMILES string of the molecule is COc1ccc(NC(=O)C(C(C)C)N(Cc2ccc(F)cc2)C(=O)Cc2ccccc2)c(OC)c1. The fourth-order valence-electron chi connectivity index (χ4n) is 3.91. The number of amides is 2. The minimum Gasteiger partial charge on any atom is -0.497 e. The predicted molar refractivity (Wildman–Crippen MR) is 134 cm³/mol. The van der Waals surface area contributed by atoms with Crippen LogP contribution in [0, 0.1) is 11.7 Å². The van der Waals surface area contributed by atoms with Crippen LogP contribution in [-0.4, -0.2) is 37.0 Å². The molecule has 1 unspecified atom stereocenters. The number of methoxy groups -OCH3 is 2. The number of halogens is 1. The van der Waals surface area contributed by atoms with Crippen LogP contribution < -0.4 is 14.8 Å². The summed E-state index contributed by atoms with van der Waals surface area (Å²) in [5, 5.41) is 2.91. The Morgan fingerprint density at radius 3 is 2.20 bits per heavy atom. The van der Waals surface area contributed by atoms with Gasteiger partial charge >= 0.3 is 0 Å².